The molecule has 2 rings (SSSR count). The quantitative estimate of drug-likeness (QED) is 0.890. The maximum Gasteiger partial charge on any atom is 0.167 e. The Kier molecular flexibility index (Phi) is 4.97. The summed E-state index contributed by atoms with van der Waals surface area (Å²) in [6.07, 6.45) is -1.31. The van der Waals surface area contributed by atoms with E-state index in [1.54, 1.807) is 25.1 Å². The van der Waals surface area contributed by atoms with Crippen LogP contribution < -0.4 is 4.74 Å². The van der Waals surface area contributed by atoms with Gasteiger partial charge in [0.2, 0.25) is 0 Å². The highest BCUT2D eigenvalue weighted by atomic mass is 19.1. The summed E-state index contributed by atoms with van der Waals surface area (Å²) >= 11 is 0. The molecule has 0 aliphatic rings. The van der Waals surface area contributed by atoms with Gasteiger partial charge in [0.1, 0.15) is 12.2 Å². The first-order valence-electron chi connectivity index (χ1n) is 7.15. The molecule has 2 unspecified atom stereocenters. The second-order valence-electron chi connectivity index (χ2n) is 5.57. The van der Waals surface area contributed by atoms with E-state index in [0.29, 0.717) is 5.56 Å². The van der Waals surface area contributed by atoms with Crippen LogP contribution in [-0.2, 0) is 0 Å². The molecule has 1 N–H and O–H groups in total. The molecule has 2 nitrogen and oxygen atoms in total. The lowest BCUT2D eigenvalue weighted by molar-refractivity contribution is 0.00571. The zero-order valence-electron chi connectivity index (χ0n) is 12.6. The number of benzene rings is 2. The van der Waals surface area contributed by atoms with Gasteiger partial charge < -0.3 is 9.84 Å². The molecule has 0 fully saturated rings. The highest BCUT2D eigenvalue weighted by molar-refractivity contribution is 5.30. The van der Waals surface area contributed by atoms with E-state index in [4.69, 9.17) is 4.74 Å². The van der Waals surface area contributed by atoms with E-state index < -0.39 is 12.2 Å². The molecule has 0 amide bonds. The minimum absolute atomic E-state index is 0.0418. The van der Waals surface area contributed by atoms with Crippen LogP contribution in [-0.4, -0.2) is 11.2 Å². The Bertz CT molecular complexity index is 581. The molecule has 0 heterocycles. The normalized spacial score (nSPS) is 14.0. The number of hydrogen-bond donors (Lipinski definition) is 1. The van der Waals surface area contributed by atoms with Crippen LogP contribution >= 0.6 is 0 Å². The van der Waals surface area contributed by atoms with E-state index in [1.165, 1.54) is 0 Å². The minimum Gasteiger partial charge on any atom is -0.484 e. The second-order valence-corrected chi connectivity index (χ2v) is 5.57. The van der Waals surface area contributed by atoms with E-state index in [0.717, 1.165) is 5.56 Å². The van der Waals surface area contributed by atoms with Gasteiger partial charge in [-0.25, -0.2) is 4.39 Å². The molecule has 2 aromatic rings. The number of aryl methyl sites for hydroxylation is 1. The number of aliphatic hydroxyl groups is 1. The molecule has 0 saturated heterocycles. The van der Waals surface area contributed by atoms with E-state index >= 15 is 0 Å². The SMILES string of the molecule is Cc1cccc(OC(C(C)C)C(O)c2ccccc2)c1F. The van der Waals surface area contributed by atoms with Crippen molar-refractivity contribution in [3.63, 3.8) is 0 Å². The smallest absolute Gasteiger partial charge is 0.167 e. The van der Waals surface area contributed by atoms with Crippen molar-refractivity contribution in [2.45, 2.75) is 33.0 Å². The summed E-state index contributed by atoms with van der Waals surface area (Å²) in [5, 5.41) is 10.5. The minimum atomic E-state index is -0.800. The van der Waals surface area contributed by atoms with Gasteiger partial charge in [0.15, 0.2) is 11.6 Å². The Morgan fingerprint density at radius 3 is 2.29 bits per heavy atom. The summed E-state index contributed by atoms with van der Waals surface area (Å²) in [4.78, 5) is 0. The topological polar surface area (TPSA) is 29.5 Å². The Labute approximate surface area is 125 Å². The van der Waals surface area contributed by atoms with Crippen molar-refractivity contribution in [2.24, 2.45) is 5.92 Å². The molecule has 112 valence electrons. The molecular weight excluding hydrogens is 267 g/mol. The Morgan fingerprint density at radius 1 is 1.00 bits per heavy atom. The van der Waals surface area contributed by atoms with Gasteiger partial charge in [-0.3, -0.25) is 0 Å². The van der Waals surface area contributed by atoms with Crippen molar-refractivity contribution >= 4 is 0 Å². The van der Waals surface area contributed by atoms with Crippen molar-refractivity contribution < 1.29 is 14.2 Å². The third kappa shape index (κ3) is 3.61. The molecule has 0 spiro atoms. The third-order valence-electron chi connectivity index (χ3n) is 3.53. The monoisotopic (exact) mass is 288 g/mol. The maximum absolute atomic E-state index is 14.1. The fourth-order valence-electron chi connectivity index (χ4n) is 2.26. The standard InChI is InChI=1S/C18H21FO2/c1-12(2)18(17(20)14-9-5-4-6-10-14)21-15-11-7-8-13(3)16(15)19/h4-12,17-18,20H,1-3H3. The number of halogens is 1. The summed E-state index contributed by atoms with van der Waals surface area (Å²) in [6, 6.07) is 14.3. The number of hydrogen-bond acceptors (Lipinski definition) is 2. The van der Waals surface area contributed by atoms with Crippen LogP contribution in [0.2, 0.25) is 0 Å². The van der Waals surface area contributed by atoms with Gasteiger partial charge in [0, 0.05) is 0 Å². The van der Waals surface area contributed by atoms with Gasteiger partial charge in [-0.05, 0) is 30.0 Å². The average Bonchev–Trinajstić information content (AvgIpc) is 2.48. The predicted octanol–water partition coefficient (Wildman–Crippen LogP) is 4.27. The summed E-state index contributed by atoms with van der Waals surface area (Å²) in [7, 11) is 0. The van der Waals surface area contributed by atoms with Gasteiger partial charge in [0.25, 0.3) is 0 Å². The first kappa shape index (κ1) is 15.5. The maximum atomic E-state index is 14.1. The lowest BCUT2D eigenvalue weighted by Gasteiger charge is -2.28. The fraction of sp³-hybridized carbons (Fsp3) is 0.333. The summed E-state index contributed by atoms with van der Waals surface area (Å²) in [5.41, 5.74) is 1.30. The Hall–Kier alpha value is -1.87. The van der Waals surface area contributed by atoms with Crippen molar-refractivity contribution in [3.8, 4) is 5.75 Å². The summed E-state index contributed by atoms with van der Waals surface area (Å²) in [5.74, 6) is -0.146. The molecule has 0 saturated carbocycles. The molecule has 2 atom stereocenters. The number of ether oxygens (including phenoxy) is 1. The predicted molar refractivity (Wildman–Crippen MR) is 81.8 cm³/mol. The summed E-state index contributed by atoms with van der Waals surface area (Å²) < 4.78 is 19.9. The molecule has 0 radical (unpaired) electrons. The molecule has 0 aliphatic carbocycles. The number of rotatable bonds is 5. The number of aliphatic hydroxyl groups excluding tert-OH is 1. The van der Waals surface area contributed by atoms with Crippen molar-refractivity contribution in [2.75, 3.05) is 0 Å². The van der Waals surface area contributed by atoms with Gasteiger partial charge in [0.05, 0.1) is 0 Å². The van der Waals surface area contributed by atoms with Crippen molar-refractivity contribution in [1.82, 2.24) is 0 Å². The van der Waals surface area contributed by atoms with Gasteiger partial charge in [-0.15, -0.1) is 0 Å². The van der Waals surface area contributed by atoms with Crippen LogP contribution in [0.25, 0.3) is 0 Å². The van der Waals surface area contributed by atoms with E-state index in [9.17, 15) is 9.50 Å². The average molecular weight is 288 g/mol. The van der Waals surface area contributed by atoms with Gasteiger partial charge in [-0.1, -0.05) is 56.3 Å². The van der Waals surface area contributed by atoms with E-state index in [-0.39, 0.29) is 17.5 Å². The van der Waals surface area contributed by atoms with Crippen LogP contribution in [0.3, 0.4) is 0 Å². The largest absolute Gasteiger partial charge is 0.484 e. The zero-order valence-corrected chi connectivity index (χ0v) is 12.6. The molecule has 0 aliphatic heterocycles. The summed E-state index contributed by atoms with van der Waals surface area (Å²) in [6.45, 7) is 5.59. The second kappa shape index (κ2) is 6.72. The van der Waals surface area contributed by atoms with Crippen molar-refractivity contribution in [3.05, 3.63) is 65.5 Å². The molecule has 21 heavy (non-hydrogen) atoms. The fourth-order valence-corrected chi connectivity index (χ4v) is 2.26. The van der Waals surface area contributed by atoms with Crippen LogP contribution in [0.1, 0.15) is 31.1 Å². The lowest BCUT2D eigenvalue weighted by Crippen LogP contribution is -2.31. The van der Waals surface area contributed by atoms with Crippen LogP contribution in [0, 0.1) is 18.7 Å². The van der Waals surface area contributed by atoms with Crippen LogP contribution in [0.5, 0.6) is 5.75 Å². The Morgan fingerprint density at radius 2 is 1.67 bits per heavy atom. The molecule has 0 bridgehead atoms. The molecule has 3 heteroatoms. The van der Waals surface area contributed by atoms with Crippen LogP contribution in [0.15, 0.2) is 48.5 Å². The molecular formula is C18H21FO2. The first-order chi connectivity index (χ1) is 10.0. The van der Waals surface area contributed by atoms with Crippen molar-refractivity contribution in [1.29, 1.82) is 0 Å². The first-order valence-corrected chi connectivity index (χ1v) is 7.15. The molecule has 0 aromatic heterocycles. The Balaban J connectivity index is 2.26. The van der Waals surface area contributed by atoms with Crippen LogP contribution in [0.4, 0.5) is 4.39 Å². The zero-order chi connectivity index (χ0) is 15.4. The lowest BCUT2D eigenvalue weighted by atomic mass is 9.96. The van der Waals surface area contributed by atoms with E-state index in [2.05, 4.69) is 0 Å². The van der Waals surface area contributed by atoms with E-state index in [1.807, 2.05) is 44.2 Å². The van der Waals surface area contributed by atoms with Gasteiger partial charge in [-0.2, -0.15) is 0 Å². The van der Waals surface area contributed by atoms with Gasteiger partial charge >= 0.3 is 0 Å². The third-order valence-corrected chi connectivity index (χ3v) is 3.53. The highest BCUT2D eigenvalue weighted by Gasteiger charge is 2.27. The highest BCUT2D eigenvalue weighted by Crippen LogP contribution is 2.29. The molecule has 2 aromatic carbocycles.